The quantitative estimate of drug-likeness (QED) is 0.571. The van der Waals surface area contributed by atoms with E-state index in [4.69, 9.17) is 0 Å². The maximum Gasteiger partial charge on any atom is 0.293 e. The van der Waals surface area contributed by atoms with Crippen molar-refractivity contribution in [3.05, 3.63) is 28.3 Å². The standard InChI is InChI=1S/C17H25N3O5S/c1-5-13-11-19(14(6-2)10-18(13)12(3)21)16-8-7-15(26(4,24)25)9-17(16)20(22)23/h7-9,13-14H,5-6,10-11H2,1-4H3/t13-,14+/m0/s1. The fourth-order valence-electron chi connectivity index (χ4n) is 3.45. The van der Waals surface area contributed by atoms with Gasteiger partial charge < -0.3 is 9.80 Å². The van der Waals surface area contributed by atoms with E-state index in [0.29, 0.717) is 25.2 Å². The van der Waals surface area contributed by atoms with Crippen molar-refractivity contribution in [2.45, 2.75) is 50.6 Å². The van der Waals surface area contributed by atoms with E-state index in [-0.39, 0.29) is 28.6 Å². The van der Waals surface area contributed by atoms with Crippen molar-refractivity contribution < 1.29 is 18.1 Å². The molecule has 1 aromatic carbocycles. The van der Waals surface area contributed by atoms with E-state index in [2.05, 4.69) is 0 Å². The second kappa shape index (κ2) is 7.61. The Kier molecular flexibility index (Phi) is 5.90. The van der Waals surface area contributed by atoms with Crippen LogP contribution >= 0.6 is 0 Å². The Hall–Kier alpha value is -2.16. The van der Waals surface area contributed by atoms with Crippen LogP contribution in [-0.2, 0) is 14.6 Å². The van der Waals surface area contributed by atoms with Gasteiger partial charge in [0.2, 0.25) is 5.91 Å². The number of amides is 1. The molecule has 0 saturated carbocycles. The van der Waals surface area contributed by atoms with Crippen LogP contribution in [0.5, 0.6) is 0 Å². The third-order valence-electron chi connectivity index (χ3n) is 4.92. The Balaban J connectivity index is 2.51. The summed E-state index contributed by atoms with van der Waals surface area (Å²) in [6.07, 6.45) is 2.48. The van der Waals surface area contributed by atoms with Crippen molar-refractivity contribution in [3.63, 3.8) is 0 Å². The van der Waals surface area contributed by atoms with Crippen molar-refractivity contribution in [3.8, 4) is 0 Å². The summed E-state index contributed by atoms with van der Waals surface area (Å²) < 4.78 is 23.5. The fraction of sp³-hybridized carbons (Fsp3) is 0.588. The first-order valence-electron chi connectivity index (χ1n) is 8.62. The van der Waals surface area contributed by atoms with Gasteiger partial charge >= 0.3 is 0 Å². The van der Waals surface area contributed by atoms with Crippen molar-refractivity contribution >= 4 is 27.1 Å². The van der Waals surface area contributed by atoms with Crippen molar-refractivity contribution in [2.75, 3.05) is 24.2 Å². The van der Waals surface area contributed by atoms with Gasteiger partial charge in [0.15, 0.2) is 9.84 Å². The molecule has 144 valence electrons. The van der Waals surface area contributed by atoms with Gasteiger partial charge in [0.25, 0.3) is 5.69 Å². The van der Waals surface area contributed by atoms with E-state index in [1.165, 1.54) is 19.1 Å². The molecule has 0 spiro atoms. The molecule has 0 aliphatic carbocycles. The summed E-state index contributed by atoms with van der Waals surface area (Å²) in [6.45, 7) is 6.46. The van der Waals surface area contributed by atoms with Crippen molar-refractivity contribution in [1.29, 1.82) is 0 Å². The summed E-state index contributed by atoms with van der Waals surface area (Å²) in [5, 5.41) is 11.6. The molecule has 0 bridgehead atoms. The van der Waals surface area contributed by atoms with Gasteiger partial charge in [-0.1, -0.05) is 13.8 Å². The zero-order valence-corrected chi connectivity index (χ0v) is 16.3. The number of nitrogens with zero attached hydrogens (tertiary/aromatic N) is 3. The first kappa shape index (κ1) is 20.2. The fourth-order valence-corrected chi connectivity index (χ4v) is 4.09. The predicted molar refractivity (Wildman–Crippen MR) is 99.1 cm³/mol. The van der Waals surface area contributed by atoms with E-state index in [0.717, 1.165) is 18.7 Å². The van der Waals surface area contributed by atoms with Crippen LogP contribution in [0.25, 0.3) is 0 Å². The third-order valence-corrected chi connectivity index (χ3v) is 6.03. The second-order valence-electron chi connectivity index (χ2n) is 6.63. The molecule has 26 heavy (non-hydrogen) atoms. The lowest BCUT2D eigenvalue weighted by atomic mass is 10.0. The maximum absolute atomic E-state index is 11.9. The van der Waals surface area contributed by atoms with Gasteiger partial charge in [-0.25, -0.2) is 8.42 Å². The lowest BCUT2D eigenvalue weighted by Gasteiger charge is -2.46. The zero-order chi connectivity index (χ0) is 19.6. The molecule has 2 atom stereocenters. The average Bonchev–Trinajstić information content (AvgIpc) is 2.58. The number of nitro groups is 1. The molecule has 1 aromatic rings. The molecule has 0 unspecified atom stereocenters. The van der Waals surface area contributed by atoms with Crippen LogP contribution in [-0.4, -0.2) is 55.6 Å². The Morgan fingerprint density at radius 1 is 1.23 bits per heavy atom. The predicted octanol–water partition coefficient (Wildman–Crippen LogP) is 2.22. The van der Waals surface area contributed by atoms with Gasteiger partial charge in [-0.3, -0.25) is 14.9 Å². The second-order valence-corrected chi connectivity index (χ2v) is 8.64. The topological polar surface area (TPSA) is 101 Å². The van der Waals surface area contributed by atoms with Crippen molar-refractivity contribution in [1.82, 2.24) is 4.90 Å². The SMILES string of the molecule is CC[C@H]1CN(c2ccc(S(C)(=O)=O)cc2[N+](=O)[O-])[C@H](CC)CN1C(C)=O. The molecule has 1 amide bonds. The highest BCUT2D eigenvalue weighted by Crippen LogP contribution is 2.35. The molecule has 0 aromatic heterocycles. The number of hydrogen-bond acceptors (Lipinski definition) is 6. The molecule has 2 rings (SSSR count). The lowest BCUT2D eigenvalue weighted by Crippen LogP contribution is -2.59. The average molecular weight is 383 g/mol. The minimum absolute atomic E-state index is 0.00289. The summed E-state index contributed by atoms with van der Waals surface area (Å²) in [6, 6.07) is 3.93. The lowest BCUT2D eigenvalue weighted by molar-refractivity contribution is -0.384. The number of carbonyl (C=O) groups excluding carboxylic acids is 1. The molecule has 1 heterocycles. The number of carbonyl (C=O) groups is 1. The first-order valence-corrected chi connectivity index (χ1v) is 10.5. The highest BCUT2D eigenvalue weighted by Gasteiger charge is 2.36. The molecule has 1 saturated heterocycles. The summed E-state index contributed by atoms with van der Waals surface area (Å²) in [7, 11) is -3.54. The van der Waals surface area contributed by atoms with Crippen LogP contribution < -0.4 is 4.90 Å². The van der Waals surface area contributed by atoms with E-state index in [1.807, 2.05) is 23.6 Å². The molecular formula is C17H25N3O5S. The largest absolute Gasteiger partial charge is 0.359 e. The molecule has 9 heteroatoms. The Morgan fingerprint density at radius 2 is 1.85 bits per heavy atom. The Morgan fingerprint density at radius 3 is 2.31 bits per heavy atom. The molecule has 1 aliphatic rings. The van der Waals surface area contributed by atoms with Crippen LogP contribution in [0.15, 0.2) is 23.1 Å². The van der Waals surface area contributed by atoms with Crippen LogP contribution in [0, 0.1) is 10.1 Å². The number of sulfone groups is 1. The van der Waals surface area contributed by atoms with Crippen LogP contribution in [0.1, 0.15) is 33.6 Å². The highest BCUT2D eigenvalue weighted by atomic mass is 32.2. The number of anilines is 1. The van der Waals surface area contributed by atoms with E-state index in [9.17, 15) is 23.3 Å². The normalized spacial score (nSPS) is 20.9. The summed E-state index contributed by atoms with van der Waals surface area (Å²) in [4.78, 5) is 26.7. The van der Waals surface area contributed by atoms with Crippen LogP contribution in [0.3, 0.4) is 0 Å². The smallest absolute Gasteiger partial charge is 0.293 e. The molecule has 0 radical (unpaired) electrons. The Labute approximate surface area is 153 Å². The van der Waals surface area contributed by atoms with E-state index >= 15 is 0 Å². The summed E-state index contributed by atoms with van der Waals surface area (Å²) >= 11 is 0. The minimum atomic E-state index is -3.54. The van der Waals surface area contributed by atoms with Crippen molar-refractivity contribution in [2.24, 2.45) is 0 Å². The molecular weight excluding hydrogens is 358 g/mol. The number of nitro benzene ring substituents is 1. The van der Waals surface area contributed by atoms with Crippen LogP contribution in [0.2, 0.25) is 0 Å². The molecule has 0 N–H and O–H groups in total. The van der Waals surface area contributed by atoms with Gasteiger partial charge in [0.05, 0.1) is 9.82 Å². The van der Waals surface area contributed by atoms with Gasteiger partial charge in [-0.2, -0.15) is 0 Å². The molecule has 8 nitrogen and oxygen atoms in total. The molecule has 1 aliphatic heterocycles. The summed E-state index contributed by atoms with van der Waals surface area (Å²) in [5.41, 5.74) is 0.174. The molecule has 1 fully saturated rings. The van der Waals surface area contributed by atoms with Gasteiger partial charge in [-0.05, 0) is 25.0 Å². The van der Waals surface area contributed by atoms with Crippen LogP contribution in [0.4, 0.5) is 11.4 Å². The van der Waals surface area contributed by atoms with E-state index in [1.54, 1.807) is 0 Å². The number of rotatable bonds is 5. The Bertz CT molecular complexity index is 809. The minimum Gasteiger partial charge on any atom is -0.359 e. The van der Waals surface area contributed by atoms with Gasteiger partial charge in [0.1, 0.15) is 5.69 Å². The maximum atomic E-state index is 11.9. The first-order chi connectivity index (χ1) is 12.1. The van der Waals surface area contributed by atoms with Gasteiger partial charge in [-0.15, -0.1) is 0 Å². The number of hydrogen-bond donors (Lipinski definition) is 0. The zero-order valence-electron chi connectivity index (χ0n) is 15.5. The van der Waals surface area contributed by atoms with Gasteiger partial charge in [0, 0.05) is 44.4 Å². The monoisotopic (exact) mass is 383 g/mol. The number of piperazine rings is 1. The highest BCUT2D eigenvalue weighted by molar-refractivity contribution is 7.90. The third kappa shape index (κ3) is 3.98. The number of benzene rings is 1. The van der Waals surface area contributed by atoms with E-state index < -0.39 is 14.8 Å². The summed E-state index contributed by atoms with van der Waals surface area (Å²) in [5.74, 6) is -0.00289.